The highest BCUT2D eigenvalue weighted by Crippen LogP contribution is 2.31. The second-order valence-electron chi connectivity index (χ2n) is 10.4. The lowest BCUT2D eigenvalue weighted by atomic mass is 9.98. The Hall–Kier alpha value is -4.99. The van der Waals surface area contributed by atoms with Gasteiger partial charge in [-0.3, -0.25) is 15.2 Å². The van der Waals surface area contributed by atoms with E-state index in [2.05, 4.69) is 32.2 Å². The van der Waals surface area contributed by atoms with E-state index in [1.165, 1.54) is 12.1 Å². The van der Waals surface area contributed by atoms with Gasteiger partial charge in [0.25, 0.3) is 0 Å². The van der Waals surface area contributed by atoms with Gasteiger partial charge < -0.3 is 14.0 Å². The van der Waals surface area contributed by atoms with Crippen molar-refractivity contribution in [3.05, 3.63) is 101 Å². The summed E-state index contributed by atoms with van der Waals surface area (Å²) in [6, 6.07) is 21.8. The van der Waals surface area contributed by atoms with Gasteiger partial charge in [-0.2, -0.15) is 0 Å². The summed E-state index contributed by atoms with van der Waals surface area (Å²) < 4.78 is 12.4. The number of unbranched alkanes of at least 4 members (excludes halogenated alkanes) is 1. The Morgan fingerprint density at radius 2 is 1.81 bits per heavy atom. The highest BCUT2D eigenvalue weighted by atomic mass is 35.5. The summed E-state index contributed by atoms with van der Waals surface area (Å²) in [5.74, 6) is 1.27. The van der Waals surface area contributed by atoms with Crippen LogP contribution in [0.5, 0.6) is 5.75 Å². The molecule has 47 heavy (non-hydrogen) atoms. The SMILES string of the molecule is CCCCc1nc(Cl)c(C=O)n1Cc1ccc(-c2ccccc2-c2nnn(C(C)OC(=O)Oc3cccc(CON(O)O)c3)n2)cc1. The van der Waals surface area contributed by atoms with Gasteiger partial charge in [0, 0.05) is 18.5 Å². The fraction of sp³-hybridized carbons (Fsp3) is 0.250. The smallest absolute Gasteiger partial charge is 0.407 e. The fourth-order valence-corrected chi connectivity index (χ4v) is 5.07. The van der Waals surface area contributed by atoms with Crippen LogP contribution in [-0.4, -0.2) is 58.0 Å². The lowest BCUT2D eigenvalue weighted by Gasteiger charge is -2.12. The number of tetrazole rings is 1. The molecule has 3 aromatic carbocycles. The van der Waals surface area contributed by atoms with Crippen LogP contribution in [0.1, 0.15) is 60.4 Å². The third-order valence-electron chi connectivity index (χ3n) is 7.15. The lowest BCUT2D eigenvalue weighted by Crippen LogP contribution is -2.19. The Balaban J connectivity index is 1.27. The van der Waals surface area contributed by atoms with Crippen molar-refractivity contribution >= 4 is 24.0 Å². The third kappa shape index (κ3) is 8.44. The molecule has 1 unspecified atom stereocenters. The summed E-state index contributed by atoms with van der Waals surface area (Å²) in [5, 5.41) is 29.9. The monoisotopic (exact) mass is 661 g/mol. The Morgan fingerprint density at radius 1 is 1.04 bits per heavy atom. The standard InChI is InChI=1S/C32H32ClN7O7/c1-3-4-12-29-34-30(33)28(19-41)38(29)18-22-13-15-24(16-14-22)26-10-5-6-11-27(26)31-35-37-39(36-31)21(2)46-32(42)47-25-9-7-8-23(17-25)20-45-40(43)44/h5-11,13-17,19,21,43-44H,3-4,12,18,20H2,1-2H3. The molecule has 0 radical (unpaired) electrons. The summed E-state index contributed by atoms with van der Waals surface area (Å²) >= 11 is 6.25. The minimum absolute atomic E-state index is 0.160. The average molecular weight is 662 g/mol. The maximum Gasteiger partial charge on any atom is 0.515 e. The van der Waals surface area contributed by atoms with Crippen LogP contribution in [0.25, 0.3) is 22.5 Å². The molecule has 1 atom stereocenters. The molecule has 0 aliphatic heterocycles. The molecule has 5 rings (SSSR count). The number of halogens is 1. The lowest BCUT2D eigenvalue weighted by molar-refractivity contribution is -0.497. The number of aromatic nitrogens is 6. The van der Waals surface area contributed by atoms with E-state index < -0.39 is 17.8 Å². The minimum atomic E-state index is -1.00. The van der Waals surface area contributed by atoms with Crippen LogP contribution in [0, 0.1) is 0 Å². The predicted octanol–water partition coefficient (Wildman–Crippen LogP) is 6.31. The van der Waals surface area contributed by atoms with Crippen LogP contribution in [0.2, 0.25) is 5.15 Å². The number of rotatable bonds is 14. The van der Waals surface area contributed by atoms with Crippen molar-refractivity contribution in [2.45, 2.75) is 52.5 Å². The minimum Gasteiger partial charge on any atom is -0.407 e. The first-order valence-corrected chi connectivity index (χ1v) is 15.1. The molecule has 15 heteroatoms. The maximum absolute atomic E-state index is 12.5. The number of benzene rings is 3. The molecule has 0 bridgehead atoms. The van der Waals surface area contributed by atoms with E-state index in [1.807, 2.05) is 53.1 Å². The van der Waals surface area contributed by atoms with Gasteiger partial charge >= 0.3 is 6.16 Å². The van der Waals surface area contributed by atoms with E-state index in [0.29, 0.717) is 23.6 Å². The van der Waals surface area contributed by atoms with Gasteiger partial charge in [0.15, 0.2) is 11.4 Å². The van der Waals surface area contributed by atoms with E-state index in [1.54, 1.807) is 19.1 Å². The molecule has 0 aliphatic carbocycles. The van der Waals surface area contributed by atoms with Gasteiger partial charge in [-0.05, 0) is 52.9 Å². The maximum atomic E-state index is 12.5. The Labute approximate surface area is 274 Å². The van der Waals surface area contributed by atoms with Gasteiger partial charge in [0.1, 0.15) is 17.3 Å². The van der Waals surface area contributed by atoms with E-state index in [0.717, 1.165) is 58.4 Å². The average Bonchev–Trinajstić information content (AvgIpc) is 3.68. The molecular weight excluding hydrogens is 630 g/mol. The molecule has 14 nitrogen and oxygen atoms in total. The van der Waals surface area contributed by atoms with Gasteiger partial charge in [-0.1, -0.05) is 85.6 Å². The topological polar surface area (TPSA) is 167 Å². The molecule has 2 N–H and O–H groups in total. The normalized spacial score (nSPS) is 11.9. The molecule has 2 heterocycles. The number of aldehydes is 1. The number of hydrogen-bond donors (Lipinski definition) is 2. The molecule has 0 spiro atoms. The molecule has 0 amide bonds. The third-order valence-corrected chi connectivity index (χ3v) is 7.42. The largest absolute Gasteiger partial charge is 0.515 e. The summed E-state index contributed by atoms with van der Waals surface area (Å²) in [5.41, 5.74) is 4.35. The number of carbonyl (C=O) groups excluding carboxylic acids is 2. The zero-order valence-electron chi connectivity index (χ0n) is 25.6. The first kappa shape index (κ1) is 33.4. The van der Waals surface area contributed by atoms with E-state index >= 15 is 0 Å². The van der Waals surface area contributed by atoms with Crippen molar-refractivity contribution in [1.82, 2.24) is 35.1 Å². The molecule has 0 aliphatic rings. The summed E-state index contributed by atoms with van der Waals surface area (Å²) in [4.78, 5) is 34.3. The highest BCUT2D eigenvalue weighted by molar-refractivity contribution is 6.31. The first-order valence-electron chi connectivity index (χ1n) is 14.7. The number of nitrogens with zero attached hydrogens (tertiary/aromatic N) is 7. The molecule has 244 valence electrons. The number of ether oxygens (including phenoxy) is 2. The van der Waals surface area contributed by atoms with E-state index in [-0.39, 0.29) is 17.5 Å². The number of aryl methyl sites for hydroxylation is 1. The molecule has 0 fully saturated rings. The van der Waals surface area contributed by atoms with Crippen molar-refractivity contribution in [3.63, 3.8) is 0 Å². The van der Waals surface area contributed by atoms with Crippen LogP contribution in [0.3, 0.4) is 0 Å². The van der Waals surface area contributed by atoms with E-state index in [4.69, 9.17) is 31.5 Å². The summed E-state index contributed by atoms with van der Waals surface area (Å²) in [7, 11) is 0. The quantitative estimate of drug-likeness (QED) is 0.0590. The molecule has 0 saturated carbocycles. The van der Waals surface area contributed by atoms with Crippen LogP contribution < -0.4 is 4.74 Å². The molecular formula is C32H32ClN7O7. The van der Waals surface area contributed by atoms with Crippen molar-refractivity contribution in [3.8, 4) is 28.3 Å². The van der Waals surface area contributed by atoms with Crippen LogP contribution in [-0.2, 0) is 29.1 Å². The van der Waals surface area contributed by atoms with Gasteiger partial charge in [0.05, 0.1) is 12.0 Å². The Kier molecular flexibility index (Phi) is 11.0. The zero-order valence-corrected chi connectivity index (χ0v) is 26.3. The van der Waals surface area contributed by atoms with Crippen LogP contribution in [0.15, 0.2) is 72.8 Å². The van der Waals surface area contributed by atoms with Crippen molar-refractivity contribution < 1.29 is 34.3 Å². The first-order chi connectivity index (χ1) is 22.7. The second kappa shape index (κ2) is 15.5. The number of imidazole rings is 1. The molecule has 2 aromatic heterocycles. The highest BCUT2D eigenvalue weighted by Gasteiger charge is 2.20. The molecule has 0 saturated heterocycles. The summed E-state index contributed by atoms with van der Waals surface area (Å²) in [6.07, 6.45) is 1.46. The van der Waals surface area contributed by atoms with Crippen molar-refractivity contribution in [1.29, 1.82) is 0 Å². The number of carbonyl (C=O) groups is 2. The second-order valence-corrected chi connectivity index (χ2v) is 10.8. The fourth-order valence-electron chi connectivity index (χ4n) is 4.82. The van der Waals surface area contributed by atoms with Crippen LogP contribution in [0.4, 0.5) is 4.79 Å². The van der Waals surface area contributed by atoms with Crippen LogP contribution >= 0.6 is 11.6 Å². The number of hydrogen-bond acceptors (Lipinski definition) is 12. The van der Waals surface area contributed by atoms with Gasteiger partial charge in [-0.25, -0.2) is 14.6 Å². The van der Waals surface area contributed by atoms with Crippen molar-refractivity contribution in [2.24, 2.45) is 0 Å². The van der Waals surface area contributed by atoms with Gasteiger partial charge in [0.2, 0.25) is 12.1 Å². The summed E-state index contributed by atoms with van der Waals surface area (Å²) in [6.45, 7) is 3.95. The van der Waals surface area contributed by atoms with Gasteiger partial charge in [-0.15, -0.1) is 15.0 Å². The zero-order chi connectivity index (χ0) is 33.3. The Morgan fingerprint density at radius 3 is 2.53 bits per heavy atom. The molecule has 5 aromatic rings. The Bertz CT molecular complexity index is 1820. The predicted molar refractivity (Wildman–Crippen MR) is 167 cm³/mol. The van der Waals surface area contributed by atoms with E-state index in [9.17, 15) is 9.59 Å². The van der Waals surface area contributed by atoms with Crippen molar-refractivity contribution in [2.75, 3.05) is 0 Å².